The molecule has 0 N–H and O–H groups in total. The normalized spacial score (nSPS) is 21.3. The van der Waals surface area contributed by atoms with Crippen LogP contribution in [0.1, 0.15) is 0 Å². The summed E-state index contributed by atoms with van der Waals surface area (Å²) in [7, 11) is 0. The van der Waals surface area contributed by atoms with E-state index in [1.165, 1.54) is 0 Å². The van der Waals surface area contributed by atoms with Gasteiger partial charge in [-0.15, -0.1) is 0 Å². The standard InChI is InChI=1S/C2H6Cl2O4P2S2/c3-9(5,11)7-1-2-8-10(4,6)12/h1-2H2,(H,5,11)(H,6,12)/p-1. The third-order valence-corrected chi connectivity index (χ3v) is 2.82. The maximum atomic E-state index is 10.6. The predicted molar refractivity (Wildman–Crippen MR) is 54.5 cm³/mol. The van der Waals surface area contributed by atoms with E-state index in [1.54, 1.807) is 0 Å². The molecule has 2 unspecified atom stereocenters. The molecule has 0 heterocycles. The minimum absolute atomic E-state index is 0.127. The van der Waals surface area contributed by atoms with Crippen LogP contribution in [0.4, 0.5) is 0 Å². The van der Waals surface area contributed by atoms with Crippen LogP contribution in [0.25, 0.3) is 0 Å². The van der Waals surface area contributed by atoms with Crippen molar-refractivity contribution in [1.29, 1.82) is 0 Å². The van der Waals surface area contributed by atoms with Gasteiger partial charge in [-0.3, -0.25) is 4.57 Å². The summed E-state index contributed by atoms with van der Waals surface area (Å²) in [5, 5.41) is 0. The van der Waals surface area contributed by atoms with Crippen LogP contribution < -0.4 is 4.89 Å². The Morgan fingerprint density at radius 3 is 2.17 bits per heavy atom. The van der Waals surface area contributed by atoms with Crippen molar-refractivity contribution in [3.05, 3.63) is 0 Å². The minimum atomic E-state index is -3.43. The second-order valence-corrected chi connectivity index (χ2v) is 10.8. The predicted octanol–water partition coefficient (Wildman–Crippen LogP) is 2.12. The molecule has 0 aromatic rings. The average Bonchev–Trinajstić information content (AvgIpc) is 1.76. The van der Waals surface area contributed by atoms with Gasteiger partial charge in [0.05, 0.1) is 19.1 Å². The summed E-state index contributed by atoms with van der Waals surface area (Å²) in [4.78, 5) is 10.5. The molecule has 0 aliphatic heterocycles. The molecule has 0 rings (SSSR count). The minimum Gasteiger partial charge on any atom is -0.789 e. The second kappa shape index (κ2) is 5.54. The molecule has 0 saturated heterocycles. The molecule has 0 bridgehead atoms. The maximum absolute atomic E-state index is 10.6. The average molecular weight is 290 g/mol. The molecular formula is C2H5Cl2O4P2S2-. The van der Waals surface area contributed by atoms with Gasteiger partial charge in [0.2, 0.25) is 0 Å². The lowest BCUT2D eigenvalue weighted by Crippen LogP contribution is -2.03. The monoisotopic (exact) mass is 289 g/mol. The van der Waals surface area contributed by atoms with Gasteiger partial charge in [-0.2, -0.15) is 0 Å². The second-order valence-electron chi connectivity index (χ2n) is 1.55. The third-order valence-electron chi connectivity index (χ3n) is 0.579. The van der Waals surface area contributed by atoms with Crippen molar-refractivity contribution in [1.82, 2.24) is 0 Å². The van der Waals surface area contributed by atoms with Crippen LogP contribution in [0.3, 0.4) is 0 Å². The zero-order valence-corrected chi connectivity index (χ0v) is 10.6. The van der Waals surface area contributed by atoms with Gasteiger partial charge >= 0.3 is 5.92 Å². The van der Waals surface area contributed by atoms with Gasteiger partial charge in [0.15, 0.2) is 0 Å². The van der Waals surface area contributed by atoms with Crippen LogP contribution in [-0.2, 0) is 25.4 Å². The van der Waals surface area contributed by atoms with Crippen molar-refractivity contribution in [3.8, 4) is 0 Å². The van der Waals surface area contributed by atoms with Crippen LogP contribution in [0.5, 0.6) is 0 Å². The van der Waals surface area contributed by atoms with Gasteiger partial charge in [-0.25, -0.2) is 0 Å². The molecular weight excluding hydrogens is 285 g/mol. The Kier molecular flexibility index (Phi) is 6.32. The largest absolute Gasteiger partial charge is 0.789 e. The number of thiol groups is 1. The van der Waals surface area contributed by atoms with E-state index in [9.17, 15) is 9.46 Å². The molecule has 12 heavy (non-hydrogen) atoms. The van der Waals surface area contributed by atoms with E-state index in [0.29, 0.717) is 0 Å². The lowest BCUT2D eigenvalue weighted by Gasteiger charge is -2.18. The molecule has 2 atom stereocenters. The number of hydrogen-bond donors (Lipinski definition) is 1. The molecule has 0 aliphatic rings. The summed E-state index contributed by atoms with van der Waals surface area (Å²) in [6, 6.07) is 0. The Morgan fingerprint density at radius 1 is 1.42 bits per heavy atom. The van der Waals surface area contributed by atoms with Crippen molar-refractivity contribution in [2.24, 2.45) is 0 Å². The molecule has 74 valence electrons. The van der Waals surface area contributed by atoms with E-state index in [1.807, 2.05) is 0 Å². The van der Waals surface area contributed by atoms with Crippen molar-refractivity contribution in [2.45, 2.75) is 0 Å². The Balaban J connectivity index is 3.48. The highest BCUT2D eigenvalue weighted by Gasteiger charge is 2.11. The smallest absolute Gasteiger partial charge is 0.343 e. The molecule has 0 aliphatic carbocycles. The zero-order valence-electron chi connectivity index (χ0n) is 5.55. The van der Waals surface area contributed by atoms with Crippen molar-refractivity contribution < 1.29 is 18.5 Å². The van der Waals surface area contributed by atoms with E-state index >= 15 is 0 Å². The molecule has 10 heteroatoms. The molecule has 0 fully saturated rings. The molecule has 0 aromatic carbocycles. The lowest BCUT2D eigenvalue weighted by atomic mass is 10.8. The van der Waals surface area contributed by atoms with E-state index in [-0.39, 0.29) is 13.2 Å². The Morgan fingerprint density at radius 2 is 1.83 bits per heavy atom. The summed E-state index contributed by atoms with van der Waals surface area (Å²) >= 11 is 17.8. The van der Waals surface area contributed by atoms with Crippen molar-refractivity contribution >= 4 is 58.3 Å². The van der Waals surface area contributed by atoms with Crippen LogP contribution in [0.2, 0.25) is 0 Å². The Hall–Kier alpha value is 1.69. The molecule has 0 saturated carbocycles. The van der Waals surface area contributed by atoms with Crippen LogP contribution in [-0.4, -0.2) is 13.2 Å². The van der Waals surface area contributed by atoms with Crippen molar-refractivity contribution in [2.75, 3.05) is 13.2 Å². The fraction of sp³-hybridized carbons (Fsp3) is 1.00. The maximum Gasteiger partial charge on any atom is 0.343 e. The first kappa shape index (κ1) is 13.7. The van der Waals surface area contributed by atoms with Crippen LogP contribution in [0.15, 0.2) is 0 Å². The molecule has 0 amide bonds. The van der Waals surface area contributed by atoms with Crippen LogP contribution >= 0.6 is 46.5 Å². The Bertz CT molecular complexity index is 199. The van der Waals surface area contributed by atoms with Gasteiger partial charge in [0, 0.05) is 0 Å². The third kappa shape index (κ3) is 11.7. The summed E-state index contributed by atoms with van der Waals surface area (Å²) in [6.45, 7) is -0.265. The first-order chi connectivity index (χ1) is 5.21. The Labute approximate surface area is 89.9 Å². The SMILES string of the molecule is O=P(S)(Cl)OCCOP([O-])(=S)Cl. The van der Waals surface area contributed by atoms with E-state index < -0.39 is 11.8 Å². The van der Waals surface area contributed by atoms with Crippen LogP contribution in [0, 0.1) is 0 Å². The van der Waals surface area contributed by atoms with Gasteiger partial charge in [-0.05, 0) is 11.2 Å². The topological polar surface area (TPSA) is 58.6 Å². The molecule has 0 radical (unpaired) electrons. The number of rotatable bonds is 5. The number of halogens is 2. The van der Waals surface area contributed by atoms with E-state index in [2.05, 4.69) is 33.1 Å². The van der Waals surface area contributed by atoms with Gasteiger partial charge in [0.1, 0.15) is 0 Å². The van der Waals surface area contributed by atoms with Gasteiger partial charge in [0.25, 0.3) is 0 Å². The molecule has 0 spiro atoms. The first-order valence-electron chi connectivity index (χ1n) is 2.53. The lowest BCUT2D eigenvalue weighted by molar-refractivity contribution is -0.175. The number of hydrogen-bond acceptors (Lipinski definition) is 5. The fourth-order valence-corrected chi connectivity index (χ4v) is 1.77. The zero-order chi connectivity index (χ0) is 9.83. The summed E-state index contributed by atoms with van der Waals surface area (Å²) in [6.07, 6.45) is 0. The highest BCUT2D eigenvalue weighted by atomic mass is 35.7. The molecule has 4 nitrogen and oxygen atoms in total. The molecule has 0 aromatic heterocycles. The van der Waals surface area contributed by atoms with Gasteiger partial charge in [-0.1, -0.05) is 35.3 Å². The van der Waals surface area contributed by atoms with Crippen molar-refractivity contribution in [3.63, 3.8) is 0 Å². The fourth-order valence-electron chi connectivity index (χ4n) is 0.296. The first-order valence-corrected chi connectivity index (χ1v) is 9.75. The highest BCUT2D eigenvalue weighted by molar-refractivity contribution is 8.54. The van der Waals surface area contributed by atoms with E-state index in [0.717, 1.165) is 0 Å². The van der Waals surface area contributed by atoms with E-state index in [4.69, 9.17) is 22.5 Å². The highest BCUT2D eigenvalue weighted by Crippen LogP contribution is 2.57. The van der Waals surface area contributed by atoms with Gasteiger partial charge < -0.3 is 13.9 Å². The summed E-state index contributed by atoms with van der Waals surface area (Å²) < 4.78 is 19.4. The quantitative estimate of drug-likeness (QED) is 0.477. The summed E-state index contributed by atoms with van der Waals surface area (Å²) in [5.74, 6) is -6.76. The summed E-state index contributed by atoms with van der Waals surface area (Å²) in [5.41, 5.74) is 0.